The molecule has 0 saturated carbocycles. The van der Waals surface area contributed by atoms with E-state index in [2.05, 4.69) is 13.7 Å². The summed E-state index contributed by atoms with van der Waals surface area (Å²) in [6.07, 6.45) is 1.32. The number of methoxy groups -OCH3 is 1. The molecule has 2 unspecified atom stereocenters. The van der Waals surface area contributed by atoms with E-state index >= 15 is 0 Å². The highest BCUT2D eigenvalue weighted by Crippen LogP contribution is 2.29. The second kappa shape index (κ2) is 5.83. The van der Waals surface area contributed by atoms with Gasteiger partial charge in [0.25, 0.3) is 0 Å². The summed E-state index contributed by atoms with van der Waals surface area (Å²) >= 11 is -2.18. The third-order valence-corrected chi connectivity index (χ3v) is 2.22. The van der Waals surface area contributed by atoms with Crippen LogP contribution in [-0.2, 0) is 25.0 Å². The van der Waals surface area contributed by atoms with Crippen molar-refractivity contribution in [2.24, 2.45) is 0 Å². The maximum absolute atomic E-state index is 11.8. The monoisotopic (exact) mass is 238 g/mol. The molecule has 0 saturated heterocycles. The number of hydrogen-bond acceptors (Lipinski definition) is 5. The van der Waals surface area contributed by atoms with Crippen LogP contribution in [0.3, 0.4) is 0 Å². The maximum atomic E-state index is 11.8. The molecule has 2 atom stereocenters. The van der Waals surface area contributed by atoms with Crippen LogP contribution in [0, 0.1) is 0 Å². The summed E-state index contributed by atoms with van der Waals surface area (Å²) in [5.41, 5.74) is 0. The van der Waals surface area contributed by atoms with Gasteiger partial charge in [-0.2, -0.15) is 17.2 Å². The highest BCUT2D eigenvalue weighted by Gasteiger charge is 2.38. The summed E-state index contributed by atoms with van der Waals surface area (Å²) in [7, 11) is 1.01. The van der Waals surface area contributed by atoms with E-state index in [0.717, 1.165) is 7.11 Å². The standard InChI is InChI=1S/C4H8F2O5S2/c1-9-4(12-2,10-3(5)6)11-13(7)8/h3H,1-2H3,(H,7,8). The Labute approximate surface area is 80.2 Å². The minimum atomic E-state index is -3.17. The molecule has 0 aromatic carbocycles. The normalized spacial score (nSPS) is 18.6. The lowest BCUT2D eigenvalue weighted by Crippen LogP contribution is -2.36. The molecule has 0 fully saturated rings. The molecule has 0 aromatic heterocycles. The number of thioether (sulfide) groups is 1. The van der Waals surface area contributed by atoms with Crippen LogP contribution in [0.5, 0.6) is 0 Å². The molecule has 0 heterocycles. The average Bonchev–Trinajstić information content (AvgIpc) is 2.01. The minimum absolute atomic E-state index is 0.574. The number of ether oxygens (including phenoxy) is 2. The molecule has 9 heteroatoms. The molecule has 0 aromatic rings. The van der Waals surface area contributed by atoms with Crippen molar-refractivity contribution in [3.8, 4) is 0 Å². The lowest BCUT2D eigenvalue weighted by atomic mass is 11.2. The van der Waals surface area contributed by atoms with Crippen LogP contribution >= 0.6 is 11.8 Å². The first-order chi connectivity index (χ1) is 5.95. The molecule has 80 valence electrons. The van der Waals surface area contributed by atoms with E-state index in [1.165, 1.54) is 6.26 Å². The zero-order valence-electron chi connectivity index (χ0n) is 6.73. The lowest BCUT2D eigenvalue weighted by Gasteiger charge is -2.26. The second-order valence-electron chi connectivity index (χ2n) is 1.59. The van der Waals surface area contributed by atoms with Gasteiger partial charge < -0.3 is 4.74 Å². The van der Waals surface area contributed by atoms with E-state index in [-0.39, 0.29) is 0 Å². The molecule has 0 bridgehead atoms. The molecule has 0 aliphatic heterocycles. The third kappa shape index (κ3) is 4.84. The summed E-state index contributed by atoms with van der Waals surface area (Å²) in [5.74, 6) is 0. The van der Waals surface area contributed by atoms with Crippen molar-refractivity contribution in [2.45, 2.75) is 11.9 Å². The van der Waals surface area contributed by atoms with Crippen LogP contribution in [0.4, 0.5) is 8.78 Å². The van der Waals surface area contributed by atoms with E-state index < -0.39 is 23.3 Å². The summed E-state index contributed by atoms with van der Waals surface area (Å²) < 4.78 is 54.4. The van der Waals surface area contributed by atoms with Crippen LogP contribution in [0.15, 0.2) is 0 Å². The van der Waals surface area contributed by atoms with Gasteiger partial charge in [0.1, 0.15) is 0 Å². The molecule has 1 N–H and O–H groups in total. The fraction of sp³-hybridized carbons (Fsp3) is 1.00. The maximum Gasteiger partial charge on any atom is 0.355 e. The van der Waals surface area contributed by atoms with Gasteiger partial charge in [-0.15, -0.1) is 0 Å². The molecule has 5 nitrogen and oxygen atoms in total. The van der Waals surface area contributed by atoms with Gasteiger partial charge >= 0.3 is 23.3 Å². The number of hydrogen-bond donors (Lipinski definition) is 1. The SMILES string of the molecule is COC(OC(F)F)(OS(=O)O)SC. The van der Waals surface area contributed by atoms with Crippen molar-refractivity contribution in [2.75, 3.05) is 13.4 Å². The fourth-order valence-corrected chi connectivity index (χ4v) is 1.53. The van der Waals surface area contributed by atoms with Crippen LogP contribution < -0.4 is 0 Å². The Kier molecular flexibility index (Phi) is 5.92. The zero-order chi connectivity index (χ0) is 10.5. The summed E-state index contributed by atoms with van der Waals surface area (Å²) in [6.45, 7) is -3.17. The molecular formula is C4H8F2O5S2. The Morgan fingerprint density at radius 1 is 1.62 bits per heavy atom. The van der Waals surface area contributed by atoms with Gasteiger partial charge in [0, 0.05) is 7.11 Å². The third-order valence-electron chi connectivity index (χ3n) is 0.907. The topological polar surface area (TPSA) is 65.0 Å². The summed E-state index contributed by atoms with van der Waals surface area (Å²) in [6, 6.07) is 0. The van der Waals surface area contributed by atoms with Gasteiger partial charge in [0.05, 0.1) is 0 Å². The Morgan fingerprint density at radius 3 is 2.38 bits per heavy atom. The Hall–Kier alpha value is 0.200. The number of halogens is 2. The number of rotatable bonds is 6. The summed E-state index contributed by atoms with van der Waals surface area (Å²) in [5, 5.41) is -2.26. The smallest absolute Gasteiger partial charge is 0.321 e. The molecule has 0 spiro atoms. The largest absolute Gasteiger partial charge is 0.355 e. The van der Waals surface area contributed by atoms with Gasteiger partial charge in [0.15, 0.2) is 0 Å². The molecule has 0 amide bonds. The van der Waals surface area contributed by atoms with Crippen molar-refractivity contribution in [3.63, 3.8) is 0 Å². The molecule has 0 aliphatic rings. The van der Waals surface area contributed by atoms with E-state index in [1.54, 1.807) is 0 Å². The van der Waals surface area contributed by atoms with E-state index in [1.807, 2.05) is 0 Å². The predicted octanol–water partition coefficient (Wildman–Crippen LogP) is 1.000. The molecule has 0 rings (SSSR count). The fourth-order valence-electron chi connectivity index (χ4n) is 0.464. The van der Waals surface area contributed by atoms with E-state index in [0.29, 0.717) is 11.8 Å². The number of alkyl halides is 2. The van der Waals surface area contributed by atoms with Gasteiger partial charge in [-0.25, -0.2) is 0 Å². The van der Waals surface area contributed by atoms with Gasteiger partial charge in [0.2, 0.25) is 0 Å². The second-order valence-corrected chi connectivity index (χ2v) is 3.10. The zero-order valence-corrected chi connectivity index (χ0v) is 8.36. The quantitative estimate of drug-likeness (QED) is 0.550. The van der Waals surface area contributed by atoms with Crippen LogP contribution in [-0.4, -0.2) is 34.0 Å². The molecule has 13 heavy (non-hydrogen) atoms. The van der Waals surface area contributed by atoms with Crippen LogP contribution in [0.2, 0.25) is 0 Å². The Morgan fingerprint density at radius 2 is 2.15 bits per heavy atom. The highest BCUT2D eigenvalue weighted by molar-refractivity contribution is 7.99. The van der Waals surface area contributed by atoms with Crippen molar-refractivity contribution in [3.05, 3.63) is 0 Å². The van der Waals surface area contributed by atoms with E-state index in [4.69, 9.17) is 4.55 Å². The first kappa shape index (κ1) is 13.2. The lowest BCUT2D eigenvalue weighted by molar-refractivity contribution is -0.330. The Bertz CT molecular complexity index is 174. The molecule has 0 radical (unpaired) electrons. The first-order valence-electron chi connectivity index (χ1n) is 2.82. The van der Waals surface area contributed by atoms with Gasteiger partial charge in [-0.1, -0.05) is 11.8 Å². The first-order valence-corrected chi connectivity index (χ1v) is 5.08. The minimum Gasteiger partial charge on any atom is -0.321 e. The Balaban J connectivity index is 4.39. The molecule has 0 aliphatic carbocycles. The van der Waals surface area contributed by atoms with Crippen LogP contribution in [0.25, 0.3) is 0 Å². The van der Waals surface area contributed by atoms with Gasteiger partial charge in [-0.3, -0.25) is 9.29 Å². The van der Waals surface area contributed by atoms with E-state index in [9.17, 15) is 13.0 Å². The predicted molar refractivity (Wildman–Crippen MR) is 42.2 cm³/mol. The highest BCUT2D eigenvalue weighted by atomic mass is 32.2. The average molecular weight is 238 g/mol. The molecular weight excluding hydrogens is 230 g/mol. The summed E-state index contributed by atoms with van der Waals surface area (Å²) in [4.78, 5) is 0. The van der Waals surface area contributed by atoms with Gasteiger partial charge in [-0.05, 0) is 6.26 Å². The van der Waals surface area contributed by atoms with Crippen molar-refractivity contribution < 1.29 is 31.2 Å². The van der Waals surface area contributed by atoms with Crippen LogP contribution in [0.1, 0.15) is 0 Å². The van der Waals surface area contributed by atoms with Crippen molar-refractivity contribution >= 4 is 23.1 Å². The van der Waals surface area contributed by atoms with Crippen molar-refractivity contribution in [1.29, 1.82) is 0 Å². The van der Waals surface area contributed by atoms with Crippen molar-refractivity contribution in [1.82, 2.24) is 0 Å².